The van der Waals surface area contributed by atoms with E-state index < -0.39 is 10.0 Å². The van der Waals surface area contributed by atoms with E-state index in [2.05, 4.69) is 26.7 Å². The van der Waals surface area contributed by atoms with E-state index in [1.165, 1.54) is 5.56 Å². The summed E-state index contributed by atoms with van der Waals surface area (Å²) in [7, 11) is -3.62. The molecule has 0 fully saturated rings. The Kier molecular flexibility index (Phi) is 4.12. The van der Waals surface area contributed by atoms with Crippen molar-refractivity contribution in [2.75, 3.05) is 16.2 Å². The lowest BCUT2D eigenvalue weighted by Crippen LogP contribution is -2.16. The number of hydrogen-bond donors (Lipinski definition) is 1. The lowest BCUT2D eigenvalue weighted by Gasteiger charge is -2.18. The van der Waals surface area contributed by atoms with Crippen LogP contribution in [0.25, 0.3) is 0 Å². The number of pyridine rings is 1. The average molecular weight is 365 g/mol. The van der Waals surface area contributed by atoms with Crippen molar-refractivity contribution in [3.05, 3.63) is 78.0 Å². The van der Waals surface area contributed by atoms with E-state index in [0.717, 1.165) is 30.0 Å². The number of hydrogen-bond acceptors (Lipinski definition) is 4. The van der Waals surface area contributed by atoms with Gasteiger partial charge < -0.3 is 4.90 Å². The predicted molar refractivity (Wildman–Crippen MR) is 103 cm³/mol. The van der Waals surface area contributed by atoms with Crippen molar-refractivity contribution >= 4 is 27.2 Å². The van der Waals surface area contributed by atoms with Gasteiger partial charge in [-0.15, -0.1) is 0 Å². The summed E-state index contributed by atoms with van der Waals surface area (Å²) in [5.74, 6) is 0.813. The van der Waals surface area contributed by atoms with E-state index in [-0.39, 0.29) is 4.90 Å². The Balaban J connectivity index is 1.56. The SMILES string of the molecule is Cc1cccc(S(=O)(=O)Nc2ccc(N3CCc4ccccc43)nc2)c1. The van der Waals surface area contributed by atoms with E-state index >= 15 is 0 Å². The molecule has 6 heteroatoms. The zero-order valence-corrected chi connectivity index (χ0v) is 15.2. The molecule has 0 unspecified atom stereocenters. The third kappa shape index (κ3) is 3.15. The second-order valence-corrected chi connectivity index (χ2v) is 8.04. The zero-order chi connectivity index (χ0) is 18.1. The summed E-state index contributed by atoms with van der Waals surface area (Å²) in [6, 6.07) is 18.7. The molecule has 2 aromatic carbocycles. The molecule has 1 N–H and O–H groups in total. The number of benzene rings is 2. The van der Waals surface area contributed by atoms with Crippen molar-refractivity contribution < 1.29 is 8.42 Å². The molecule has 0 aliphatic carbocycles. The zero-order valence-electron chi connectivity index (χ0n) is 14.4. The molecule has 0 saturated carbocycles. The van der Waals surface area contributed by atoms with Crippen molar-refractivity contribution in [1.82, 2.24) is 4.98 Å². The van der Waals surface area contributed by atoms with Crippen LogP contribution in [0.2, 0.25) is 0 Å². The van der Waals surface area contributed by atoms with Crippen LogP contribution in [0.1, 0.15) is 11.1 Å². The Morgan fingerprint density at radius 1 is 1.04 bits per heavy atom. The van der Waals surface area contributed by atoms with E-state index in [1.807, 2.05) is 31.2 Å². The van der Waals surface area contributed by atoms with Gasteiger partial charge in [-0.05, 0) is 54.8 Å². The van der Waals surface area contributed by atoms with Gasteiger partial charge in [0.05, 0.1) is 16.8 Å². The predicted octanol–water partition coefficient (Wildman–Crippen LogP) is 3.89. The Morgan fingerprint density at radius 2 is 1.88 bits per heavy atom. The molecule has 4 rings (SSSR count). The second kappa shape index (κ2) is 6.46. The molecule has 132 valence electrons. The Bertz CT molecular complexity index is 1050. The van der Waals surface area contributed by atoms with Gasteiger partial charge in [-0.2, -0.15) is 0 Å². The molecule has 26 heavy (non-hydrogen) atoms. The van der Waals surface area contributed by atoms with Gasteiger partial charge in [0.1, 0.15) is 5.82 Å². The average Bonchev–Trinajstić information content (AvgIpc) is 3.06. The Hall–Kier alpha value is -2.86. The number of aromatic nitrogens is 1. The molecule has 1 aliphatic heterocycles. The van der Waals surface area contributed by atoms with Gasteiger partial charge in [-0.25, -0.2) is 13.4 Å². The normalized spacial score (nSPS) is 13.5. The summed E-state index contributed by atoms with van der Waals surface area (Å²) < 4.78 is 27.6. The first-order valence-corrected chi connectivity index (χ1v) is 9.92. The van der Waals surface area contributed by atoms with Crippen LogP contribution in [0.4, 0.5) is 17.2 Å². The van der Waals surface area contributed by atoms with E-state index in [0.29, 0.717) is 5.69 Å². The molecule has 0 radical (unpaired) electrons. The molecule has 3 aromatic rings. The summed E-state index contributed by atoms with van der Waals surface area (Å²) in [4.78, 5) is 6.85. The molecule has 0 saturated heterocycles. The molecule has 2 heterocycles. The Labute approximate surface area is 153 Å². The number of sulfonamides is 1. The summed E-state index contributed by atoms with van der Waals surface area (Å²) in [5.41, 5.74) is 3.81. The number of anilines is 3. The summed E-state index contributed by atoms with van der Waals surface area (Å²) >= 11 is 0. The maximum Gasteiger partial charge on any atom is 0.261 e. The number of aryl methyl sites for hydroxylation is 1. The first kappa shape index (κ1) is 16.6. The van der Waals surface area contributed by atoms with Crippen molar-refractivity contribution in [1.29, 1.82) is 0 Å². The summed E-state index contributed by atoms with van der Waals surface area (Å²) in [6.07, 6.45) is 2.54. The Morgan fingerprint density at radius 3 is 2.65 bits per heavy atom. The highest BCUT2D eigenvalue weighted by Gasteiger charge is 2.21. The fraction of sp³-hybridized carbons (Fsp3) is 0.150. The van der Waals surface area contributed by atoms with Crippen molar-refractivity contribution in [2.24, 2.45) is 0 Å². The molecular weight excluding hydrogens is 346 g/mol. The van der Waals surface area contributed by atoms with Crippen LogP contribution < -0.4 is 9.62 Å². The van der Waals surface area contributed by atoms with Crippen molar-refractivity contribution in [3.8, 4) is 0 Å². The highest BCUT2D eigenvalue weighted by atomic mass is 32.2. The van der Waals surface area contributed by atoms with Crippen LogP contribution in [0, 0.1) is 6.92 Å². The molecule has 0 spiro atoms. The third-order valence-corrected chi connectivity index (χ3v) is 5.84. The van der Waals surface area contributed by atoms with E-state index in [9.17, 15) is 8.42 Å². The maximum absolute atomic E-state index is 12.5. The van der Waals surface area contributed by atoms with Gasteiger partial charge in [0.2, 0.25) is 0 Å². The van der Waals surface area contributed by atoms with Crippen LogP contribution >= 0.6 is 0 Å². The van der Waals surface area contributed by atoms with Gasteiger partial charge in [0.25, 0.3) is 10.0 Å². The van der Waals surface area contributed by atoms with Gasteiger partial charge in [0, 0.05) is 12.2 Å². The van der Waals surface area contributed by atoms with Crippen LogP contribution in [0.3, 0.4) is 0 Å². The van der Waals surface area contributed by atoms with Gasteiger partial charge >= 0.3 is 0 Å². The molecule has 1 aliphatic rings. The number of nitrogens with one attached hydrogen (secondary N) is 1. The largest absolute Gasteiger partial charge is 0.326 e. The molecule has 0 bridgehead atoms. The lowest BCUT2D eigenvalue weighted by molar-refractivity contribution is 0.601. The maximum atomic E-state index is 12.5. The van der Waals surface area contributed by atoms with E-state index in [1.54, 1.807) is 30.5 Å². The number of para-hydroxylation sites is 1. The standard InChI is InChI=1S/C20H19N3O2S/c1-15-5-4-7-18(13-15)26(24,25)22-17-9-10-20(21-14-17)23-12-11-16-6-2-3-8-19(16)23/h2-10,13-14,22H,11-12H2,1H3. The van der Waals surface area contributed by atoms with Crippen LogP contribution in [-0.4, -0.2) is 19.9 Å². The topological polar surface area (TPSA) is 62.3 Å². The van der Waals surface area contributed by atoms with Gasteiger partial charge in [-0.3, -0.25) is 4.72 Å². The van der Waals surface area contributed by atoms with Gasteiger partial charge in [0.15, 0.2) is 0 Å². The first-order chi connectivity index (χ1) is 12.5. The minimum Gasteiger partial charge on any atom is -0.326 e. The third-order valence-electron chi connectivity index (χ3n) is 4.46. The minimum atomic E-state index is -3.62. The second-order valence-electron chi connectivity index (χ2n) is 6.36. The molecule has 0 atom stereocenters. The smallest absolute Gasteiger partial charge is 0.261 e. The number of rotatable bonds is 4. The monoisotopic (exact) mass is 365 g/mol. The van der Waals surface area contributed by atoms with Crippen molar-refractivity contribution in [3.63, 3.8) is 0 Å². The quantitative estimate of drug-likeness (QED) is 0.762. The highest BCUT2D eigenvalue weighted by Crippen LogP contribution is 2.33. The molecule has 1 aromatic heterocycles. The minimum absolute atomic E-state index is 0.245. The number of fused-ring (bicyclic) bond motifs is 1. The van der Waals surface area contributed by atoms with Crippen LogP contribution in [-0.2, 0) is 16.4 Å². The summed E-state index contributed by atoms with van der Waals surface area (Å²) in [5, 5.41) is 0. The lowest BCUT2D eigenvalue weighted by atomic mass is 10.2. The molecular formula is C20H19N3O2S. The van der Waals surface area contributed by atoms with E-state index in [4.69, 9.17) is 0 Å². The van der Waals surface area contributed by atoms with Gasteiger partial charge in [-0.1, -0.05) is 30.3 Å². The summed E-state index contributed by atoms with van der Waals surface area (Å²) in [6.45, 7) is 2.74. The van der Waals surface area contributed by atoms with Crippen LogP contribution in [0.15, 0.2) is 71.8 Å². The molecule has 0 amide bonds. The van der Waals surface area contributed by atoms with Crippen molar-refractivity contribution in [2.45, 2.75) is 18.2 Å². The first-order valence-electron chi connectivity index (χ1n) is 8.44. The highest BCUT2D eigenvalue weighted by molar-refractivity contribution is 7.92. The number of nitrogens with zero attached hydrogens (tertiary/aromatic N) is 2. The fourth-order valence-corrected chi connectivity index (χ4v) is 4.33. The molecule has 5 nitrogen and oxygen atoms in total. The van der Waals surface area contributed by atoms with Crippen LogP contribution in [0.5, 0.6) is 0 Å². The fourth-order valence-electron chi connectivity index (χ4n) is 3.18.